The molecule has 0 aliphatic heterocycles. The fraction of sp³-hybridized carbons (Fsp3) is 0. The van der Waals surface area contributed by atoms with Crippen LogP contribution in [0.3, 0.4) is 0 Å². The molecule has 0 spiro atoms. The zero-order chi connectivity index (χ0) is 36.7. The number of hydrogen-bond donors (Lipinski definition) is 0. The number of aromatic nitrogens is 4. The number of nitrogens with zero attached hydrogens (tertiary/aromatic N) is 4. The molecule has 6 heteroatoms. The molecule has 262 valence electrons. The summed E-state index contributed by atoms with van der Waals surface area (Å²) in [5, 5.41) is 4.43. The second kappa shape index (κ2) is 16.2. The molecule has 54 heavy (non-hydrogen) atoms. The Bertz CT molecular complexity index is 2440. The van der Waals surface area contributed by atoms with E-state index in [1.807, 2.05) is 72.8 Å². The van der Waals surface area contributed by atoms with Gasteiger partial charge in [0.15, 0.2) is 0 Å². The van der Waals surface area contributed by atoms with Crippen LogP contribution in [0.4, 0.5) is 0 Å². The SMILES string of the molecule is [Cl][Cu].c1ccc(-c2ccc3ccc4ccc(-c5ccccc5)nc4c3n2)cc1.c1ccc(-c2ccc3ccc4ccc(-c5ccccc5)nc4c3n2)cc1. The maximum atomic E-state index is 4.95. The monoisotopic (exact) mass is 762 g/mol. The van der Waals surface area contributed by atoms with E-state index in [0.29, 0.717) is 0 Å². The third-order valence-corrected chi connectivity index (χ3v) is 9.32. The van der Waals surface area contributed by atoms with Crippen LogP contribution in [0.15, 0.2) is 194 Å². The average molecular weight is 764 g/mol. The molecular formula is C48H32ClCuN4. The maximum absolute atomic E-state index is 4.95. The first-order valence-electron chi connectivity index (χ1n) is 17.5. The molecule has 0 saturated heterocycles. The Morgan fingerprint density at radius 3 is 0.630 bits per heavy atom. The summed E-state index contributed by atoms with van der Waals surface area (Å²) in [6.45, 7) is 0. The Balaban J connectivity index is 0.000000147. The second-order valence-electron chi connectivity index (χ2n) is 12.7. The molecule has 0 radical (unpaired) electrons. The van der Waals surface area contributed by atoms with Crippen LogP contribution in [0.1, 0.15) is 0 Å². The number of halogens is 1. The topological polar surface area (TPSA) is 51.6 Å². The molecule has 10 aromatic rings. The molecular weight excluding hydrogens is 732 g/mol. The predicted molar refractivity (Wildman–Crippen MR) is 222 cm³/mol. The van der Waals surface area contributed by atoms with Crippen LogP contribution in [0.2, 0.25) is 0 Å². The van der Waals surface area contributed by atoms with Crippen LogP contribution in [0, 0.1) is 0 Å². The molecule has 0 N–H and O–H groups in total. The van der Waals surface area contributed by atoms with Gasteiger partial charge in [-0.2, -0.15) is 0 Å². The van der Waals surface area contributed by atoms with Gasteiger partial charge in [0.1, 0.15) is 0 Å². The average Bonchev–Trinajstić information content (AvgIpc) is 3.27. The van der Waals surface area contributed by atoms with Crippen LogP contribution in [0.25, 0.3) is 88.6 Å². The second-order valence-corrected chi connectivity index (χ2v) is 12.7. The first kappa shape index (κ1) is 34.8. The maximum Gasteiger partial charge on any atom is 0.0972 e. The molecule has 10 rings (SSSR count). The molecule has 0 bridgehead atoms. The van der Waals surface area contributed by atoms with E-state index >= 15 is 0 Å². The first-order valence-corrected chi connectivity index (χ1v) is 18.8. The van der Waals surface area contributed by atoms with E-state index in [2.05, 4.69) is 147 Å². The van der Waals surface area contributed by atoms with Crippen molar-refractivity contribution in [1.82, 2.24) is 19.9 Å². The van der Waals surface area contributed by atoms with Crippen molar-refractivity contribution in [3.05, 3.63) is 194 Å². The number of hydrogen-bond acceptors (Lipinski definition) is 4. The number of rotatable bonds is 4. The van der Waals surface area contributed by atoms with Crippen LogP contribution >= 0.6 is 10.1 Å². The third kappa shape index (κ3) is 7.34. The summed E-state index contributed by atoms with van der Waals surface area (Å²) in [6, 6.07) is 66.3. The molecule has 0 unspecified atom stereocenters. The Hall–Kier alpha value is -6.23. The Morgan fingerprint density at radius 1 is 0.241 bits per heavy atom. The van der Waals surface area contributed by atoms with E-state index in [9.17, 15) is 0 Å². The van der Waals surface area contributed by atoms with Gasteiger partial charge < -0.3 is 0 Å². The fourth-order valence-electron chi connectivity index (χ4n) is 6.61. The Morgan fingerprint density at radius 2 is 0.426 bits per heavy atom. The molecule has 4 nitrogen and oxygen atoms in total. The zero-order valence-corrected chi connectivity index (χ0v) is 30.6. The van der Waals surface area contributed by atoms with Crippen molar-refractivity contribution in [3.8, 4) is 45.0 Å². The van der Waals surface area contributed by atoms with Gasteiger partial charge in [-0.3, -0.25) is 0 Å². The molecule has 0 fully saturated rings. The van der Waals surface area contributed by atoms with E-state index < -0.39 is 0 Å². The van der Waals surface area contributed by atoms with Gasteiger partial charge in [-0.05, 0) is 24.3 Å². The molecule has 6 aromatic carbocycles. The molecule has 0 atom stereocenters. The quantitative estimate of drug-likeness (QED) is 0.132. The standard InChI is InChI=1S/2C24H16N2.ClH.Cu/c2*1-3-7-17(8-4-1)21-15-13-19-11-12-20-14-16-22(18-9-5-2-6-10-18)26-24(20)23(19)25-21;;/h2*1-16H;1H;/q;;;+1/p-1. The fourth-order valence-corrected chi connectivity index (χ4v) is 6.61. The van der Waals surface area contributed by atoms with Crippen molar-refractivity contribution >= 4 is 53.7 Å². The van der Waals surface area contributed by atoms with Gasteiger partial charge in [0, 0.05) is 43.8 Å². The molecule has 4 heterocycles. The Kier molecular flexibility index (Phi) is 10.4. The van der Waals surface area contributed by atoms with Crippen molar-refractivity contribution < 1.29 is 15.1 Å². The molecule has 0 saturated carbocycles. The first-order chi connectivity index (χ1) is 26.8. The van der Waals surface area contributed by atoms with Crippen molar-refractivity contribution in [1.29, 1.82) is 0 Å². The van der Waals surface area contributed by atoms with E-state index in [1.54, 1.807) is 0 Å². The van der Waals surface area contributed by atoms with E-state index in [-0.39, 0.29) is 0 Å². The molecule has 0 aliphatic rings. The van der Waals surface area contributed by atoms with Gasteiger partial charge in [-0.15, -0.1) is 0 Å². The van der Waals surface area contributed by atoms with Crippen LogP contribution in [-0.2, 0) is 15.1 Å². The Labute approximate surface area is 326 Å². The summed E-state index contributed by atoms with van der Waals surface area (Å²) in [6.07, 6.45) is 0. The summed E-state index contributed by atoms with van der Waals surface area (Å²) >= 11 is 3.66. The van der Waals surface area contributed by atoms with Gasteiger partial charge in [0.05, 0.1) is 44.8 Å². The molecule has 4 aromatic heterocycles. The minimum Gasteiger partial charge on any atom is -0.245 e. The van der Waals surface area contributed by atoms with Gasteiger partial charge in [0.25, 0.3) is 0 Å². The summed E-state index contributed by atoms with van der Waals surface area (Å²) in [5.74, 6) is 0. The van der Waals surface area contributed by atoms with Gasteiger partial charge in [-0.25, -0.2) is 19.9 Å². The normalized spacial score (nSPS) is 10.8. The minimum absolute atomic E-state index is 0.946. The third-order valence-electron chi connectivity index (χ3n) is 9.32. The summed E-state index contributed by atoms with van der Waals surface area (Å²) in [7, 11) is 4.20. The van der Waals surface area contributed by atoms with Crippen LogP contribution in [0.5, 0.6) is 0 Å². The largest absolute Gasteiger partial charge is 0.245 e. The van der Waals surface area contributed by atoms with Gasteiger partial charge in [-0.1, -0.05) is 170 Å². The van der Waals surface area contributed by atoms with E-state index in [1.165, 1.54) is 0 Å². The van der Waals surface area contributed by atoms with Crippen molar-refractivity contribution in [2.75, 3.05) is 0 Å². The van der Waals surface area contributed by atoms with E-state index in [4.69, 9.17) is 19.9 Å². The summed E-state index contributed by atoms with van der Waals surface area (Å²) in [5.41, 5.74) is 12.1. The van der Waals surface area contributed by atoms with Gasteiger partial charge in [0.2, 0.25) is 0 Å². The summed E-state index contributed by atoms with van der Waals surface area (Å²) < 4.78 is 0. The smallest absolute Gasteiger partial charge is 0.0972 e. The summed E-state index contributed by atoms with van der Waals surface area (Å²) in [4.78, 5) is 19.8. The van der Waals surface area contributed by atoms with Crippen LogP contribution in [-0.4, -0.2) is 19.9 Å². The van der Waals surface area contributed by atoms with Gasteiger partial charge >= 0.3 is 25.2 Å². The predicted octanol–water partition coefficient (Wildman–Crippen LogP) is 12.9. The van der Waals surface area contributed by atoms with Crippen molar-refractivity contribution in [2.45, 2.75) is 0 Å². The number of fused-ring (bicyclic) bond motifs is 6. The van der Waals surface area contributed by atoms with Crippen LogP contribution < -0.4 is 0 Å². The minimum atomic E-state index is 0.946. The van der Waals surface area contributed by atoms with E-state index in [0.717, 1.165) is 88.6 Å². The number of pyridine rings is 4. The van der Waals surface area contributed by atoms with Crippen molar-refractivity contribution in [2.24, 2.45) is 0 Å². The van der Waals surface area contributed by atoms with Crippen molar-refractivity contribution in [3.63, 3.8) is 0 Å². The number of benzene rings is 6. The zero-order valence-electron chi connectivity index (χ0n) is 28.9. The molecule has 0 amide bonds. The molecule has 0 aliphatic carbocycles.